The molecule has 0 heterocycles. The Labute approximate surface area is 98.0 Å². The van der Waals surface area contributed by atoms with Gasteiger partial charge in [0.1, 0.15) is 6.04 Å². The summed E-state index contributed by atoms with van der Waals surface area (Å²) in [4.78, 5) is 13.4. The van der Waals surface area contributed by atoms with E-state index in [4.69, 9.17) is 5.11 Å². The lowest BCUT2D eigenvalue weighted by atomic mass is 10.2. The second-order valence-electron chi connectivity index (χ2n) is 4.63. The van der Waals surface area contributed by atoms with Gasteiger partial charge in [-0.05, 0) is 38.8 Å². The van der Waals surface area contributed by atoms with Gasteiger partial charge in [-0.15, -0.1) is 0 Å². The predicted molar refractivity (Wildman–Crippen MR) is 64.6 cm³/mol. The maximum atomic E-state index is 11.1. The molecule has 0 aromatic carbocycles. The number of carboxylic acids is 1. The Balaban J connectivity index is 2.38. The highest BCUT2D eigenvalue weighted by atomic mass is 16.4. The number of carbonyl (C=O) groups is 1. The van der Waals surface area contributed by atoms with Gasteiger partial charge in [0.25, 0.3) is 0 Å². The van der Waals surface area contributed by atoms with E-state index in [9.17, 15) is 4.79 Å². The number of hydrogen-bond acceptors (Lipinski definition) is 3. The third-order valence-corrected chi connectivity index (χ3v) is 2.83. The number of aliphatic carboxylic acids is 1. The van der Waals surface area contributed by atoms with Crippen molar-refractivity contribution >= 4 is 5.97 Å². The number of rotatable bonds is 9. The summed E-state index contributed by atoms with van der Waals surface area (Å²) in [6.45, 7) is 6.88. The standard InChI is InChI=1S/C12H24N2O2/c1-3-7-14(8-4-2)9-11(12(15)16)13-10-5-6-10/h10-11,13H,3-9H2,1-2H3,(H,15,16). The van der Waals surface area contributed by atoms with Gasteiger partial charge in [-0.2, -0.15) is 0 Å². The molecule has 0 saturated heterocycles. The fraction of sp³-hybridized carbons (Fsp3) is 0.917. The zero-order valence-electron chi connectivity index (χ0n) is 10.4. The molecule has 16 heavy (non-hydrogen) atoms. The second-order valence-corrected chi connectivity index (χ2v) is 4.63. The van der Waals surface area contributed by atoms with Crippen molar-refractivity contribution in [2.75, 3.05) is 19.6 Å². The van der Waals surface area contributed by atoms with E-state index in [1.54, 1.807) is 0 Å². The second kappa shape index (κ2) is 6.86. The summed E-state index contributed by atoms with van der Waals surface area (Å²) in [6, 6.07) is 0.0526. The van der Waals surface area contributed by atoms with Crippen LogP contribution in [0.25, 0.3) is 0 Å². The Morgan fingerprint density at radius 1 is 1.38 bits per heavy atom. The van der Waals surface area contributed by atoms with Crippen LogP contribution in [0.5, 0.6) is 0 Å². The first-order chi connectivity index (χ1) is 7.67. The highest BCUT2D eigenvalue weighted by Gasteiger charge is 2.29. The van der Waals surface area contributed by atoms with Crippen LogP contribution in [-0.4, -0.2) is 47.7 Å². The van der Waals surface area contributed by atoms with Gasteiger partial charge in [-0.25, -0.2) is 0 Å². The first kappa shape index (κ1) is 13.5. The van der Waals surface area contributed by atoms with Gasteiger partial charge in [0.2, 0.25) is 0 Å². The highest BCUT2D eigenvalue weighted by molar-refractivity contribution is 5.73. The summed E-state index contributed by atoms with van der Waals surface area (Å²) in [7, 11) is 0. The molecule has 0 aromatic rings. The number of hydrogen-bond donors (Lipinski definition) is 2. The molecule has 1 fully saturated rings. The fourth-order valence-corrected chi connectivity index (χ4v) is 1.92. The van der Waals surface area contributed by atoms with Crippen molar-refractivity contribution in [2.45, 2.75) is 51.6 Å². The normalized spacial score (nSPS) is 17.7. The Morgan fingerprint density at radius 3 is 2.31 bits per heavy atom. The molecule has 2 N–H and O–H groups in total. The molecule has 0 radical (unpaired) electrons. The largest absolute Gasteiger partial charge is 0.480 e. The molecule has 0 aliphatic heterocycles. The molecule has 1 rings (SSSR count). The van der Waals surface area contributed by atoms with E-state index in [1.165, 1.54) is 0 Å². The number of nitrogens with zero attached hydrogens (tertiary/aromatic N) is 1. The molecule has 0 amide bonds. The zero-order chi connectivity index (χ0) is 12.0. The first-order valence-corrected chi connectivity index (χ1v) is 6.38. The van der Waals surface area contributed by atoms with Crippen LogP contribution in [0.1, 0.15) is 39.5 Å². The maximum absolute atomic E-state index is 11.1. The Bertz CT molecular complexity index is 211. The molecular weight excluding hydrogens is 204 g/mol. The van der Waals surface area contributed by atoms with Crippen LogP contribution in [0.2, 0.25) is 0 Å². The molecule has 0 aromatic heterocycles. The van der Waals surface area contributed by atoms with Crippen molar-refractivity contribution < 1.29 is 9.90 Å². The van der Waals surface area contributed by atoms with Crippen molar-refractivity contribution in [1.29, 1.82) is 0 Å². The topological polar surface area (TPSA) is 52.6 Å². The molecule has 1 aliphatic rings. The van der Waals surface area contributed by atoms with Crippen LogP contribution in [-0.2, 0) is 4.79 Å². The van der Waals surface area contributed by atoms with E-state index < -0.39 is 12.0 Å². The van der Waals surface area contributed by atoms with E-state index in [0.717, 1.165) is 38.8 Å². The quantitative estimate of drug-likeness (QED) is 0.625. The lowest BCUT2D eigenvalue weighted by Gasteiger charge is -2.25. The molecule has 4 nitrogen and oxygen atoms in total. The summed E-state index contributed by atoms with van der Waals surface area (Å²) < 4.78 is 0. The van der Waals surface area contributed by atoms with E-state index in [0.29, 0.717) is 12.6 Å². The summed E-state index contributed by atoms with van der Waals surface area (Å²) in [6.07, 6.45) is 4.42. The van der Waals surface area contributed by atoms with Gasteiger partial charge in [0.15, 0.2) is 0 Å². The van der Waals surface area contributed by atoms with Gasteiger partial charge >= 0.3 is 5.97 Å². The van der Waals surface area contributed by atoms with Gasteiger partial charge in [-0.3, -0.25) is 4.79 Å². The third kappa shape index (κ3) is 4.94. The van der Waals surface area contributed by atoms with E-state index in [-0.39, 0.29) is 0 Å². The van der Waals surface area contributed by atoms with Gasteiger partial charge in [0, 0.05) is 12.6 Å². The Morgan fingerprint density at radius 2 is 1.94 bits per heavy atom. The lowest BCUT2D eigenvalue weighted by molar-refractivity contribution is -0.140. The van der Waals surface area contributed by atoms with Crippen LogP contribution in [0, 0.1) is 0 Å². The molecule has 0 bridgehead atoms. The fourth-order valence-electron chi connectivity index (χ4n) is 1.92. The monoisotopic (exact) mass is 228 g/mol. The van der Waals surface area contributed by atoms with Gasteiger partial charge in [0.05, 0.1) is 0 Å². The molecule has 1 aliphatic carbocycles. The van der Waals surface area contributed by atoms with Crippen LogP contribution in [0.3, 0.4) is 0 Å². The minimum Gasteiger partial charge on any atom is -0.480 e. The summed E-state index contributed by atoms with van der Waals surface area (Å²) in [5.41, 5.74) is 0. The Kier molecular flexibility index (Phi) is 5.77. The first-order valence-electron chi connectivity index (χ1n) is 6.38. The van der Waals surface area contributed by atoms with Crippen LogP contribution >= 0.6 is 0 Å². The van der Waals surface area contributed by atoms with Crippen LogP contribution in [0.15, 0.2) is 0 Å². The van der Waals surface area contributed by atoms with E-state index >= 15 is 0 Å². The van der Waals surface area contributed by atoms with Gasteiger partial charge in [-0.1, -0.05) is 13.8 Å². The predicted octanol–water partition coefficient (Wildman–Crippen LogP) is 1.31. The summed E-state index contributed by atoms with van der Waals surface area (Å²) >= 11 is 0. The van der Waals surface area contributed by atoms with Crippen molar-refractivity contribution in [3.8, 4) is 0 Å². The van der Waals surface area contributed by atoms with Crippen LogP contribution < -0.4 is 5.32 Å². The molecule has 4 heteroatoms. The van der Waals surface area contributed by atoms with Crippen molar-refractivity contribution in [2.24, 2.45) is 0 Å². The number of nitrogens with one attached hydrogen (secondary N) is 1. The van der Waals surface area contributed by atoms with Gasteiger partial charge < -0.3 is 15.3 Å². The summed E-state index contributed by atoms with van der Waals surface area (Å²) in [5, 5.41) is 12.3. The highest BCUT2D eigenvalue weighted by Crippen LogP contribution is 2.19. The number of carboxylic acid groups (broad SMARTS) is 1. The summed E-state index contributed by atoms with van der Waals surface area (Å²) in [5.74, 6) is -0.718. The minimum atomic E-state index is -0.718. The molecule has 1 atom stereocenters. The smallest absolute Gasteiger partial charge is 0.322 e. The van der Waals surface area contributed by atoms with Crippen LogP contribution in [0.4, 0.5) is 0 Å². The Hall–Kier alpha value is -0.610. The van der Waals surface area contributed by atoms with E-state index in [1.807, 2.05) is 0 Å². The van der Waals surface area contributed by atoms with Crippen molar-refractivity contribution in [3.05, 3.63) is 0 Å². The maximum Gasteiger partial charge on any atom is 0.322 e. The van der Waals surface area contributed by atoms with E-state index in [2.05, 4.69) is 24.1 Å². The molecule has 0 spiro atoms. The van der Waals surface area contributed by atoms with Crippen molar-refractivity contribution in [3.63, 3.8) is 0 Å². The third-order valence-electron chi connectivity index (χ3n) is 2.83. The minimum absolute atomic E-state index is 0.398. The lowest BCUT2D eigenvalue weighted by Crippen LogP contribution is -2.47. The zero-order valence-corrected chi connectivity index (χ0v) is 10.4. The SMILES string of the molecule is CCCN(CCC)CC(NC1CC1)C(=O)O. The molecule has 94 valence electrons. The molecule has 1 unspecified atom stereocenters. The van der Waals surface area contributed by atoms with Crippen molar-refractivity contribution in [1.82, 2.24) is 10.2 Å². The average Bonchev–Trinajstić information content (AvgIpc) is 3.01. The molecule has 1 saturated carbocycles. The average molecular weight is 228 g/mol. The molecular formula is C12H24N2O2.